The SMILES string of the molecule is C[NH+](Cc1cccc(F)c1)CN1C(=O)C(=O)c2ccc(F)cc21. The maximum absolute atomic E-state index is 13.4. The molecule has 0 spiro atoms. The van der Waals surface area contributed by atoms with Crippen LogP contribution >= 0.6 is 0 Å². The van der Waals surface area contributed by atoms with Crippen LogP contribution in [0.2, 0.25) is 0 Å². The van der Waals surface area contributed by atoms with Gasteiger partial charge in [0.25, 0.3) is 5.78 Å². The second-order valence-corrected chi connectivity index (χ2v) is 5.65. The molecule has 23 heavy (non-hydrogen) atoms. The van der Waals surface area contributed by atoms with Gasteiger partial charge in [0.1, 0.15) is 18.2 Å². The van der Waals surface area contributed by atoms with Crippen LogP contribution in [0.1, 0.15) is 15.9 Å². The van der Waals surface area contributed by atoms with E-state index < -0.39 is 17.5 Å². The summed E-state index contributed by atoms with van der Waals surface area (Å²) in [6.07, 6.45) is 0. The van der Waals surface area contributed by atoms with E-state index in [1.807, 2.05) is 7.05 Å². The summed E-state index contributed by atoms with van der Waals surface area (Å²) in [5.41, 5.74) is 1.29. The number of ketones is 1. The Balaban J connectivity index is 1.79. The Morgan fingerprint density at radius 2 is 1.78 bits per heavy atom. The fourth-order valence-corrected chi connectivity index (χ4v) is 2.75. The van der Waals surface area contributed by atoms with Crippen molar-refractivity contribution >= 4 is 17.4 Å². The van der Waals surface area contributed by atoms with Gasteiger partial charge in [-0.3, -0.25) is 14.5 Å². The molecule has 0 saturated heterocycles. The first-order chi connectivity index (χ1) is 11.0. The van der Waals surface area contributed by atoms with Gasteiger partial charge in [0.05, 0.1) is 18.3 Å². The molecular formula is C17H15F2N2O2+. The Bertz CT molecular complexity index is 792. The number of fused-ring (bicyclic) bond motifs is 1. The lowest BCUT2D eigenvalue weighted by Gasteiger charge is -2.21. The van der Waals surface area contributed by atoms with E-state index in [9.17, 15) is 18.4 Å². The van der Waals surface area contributed by atoms with Gasteiger partial charge in [-0.2, -0.15) is 0 Å². The molecule has 1 heterocycles. The van der Waals surface area contributed by atoms with Gasteiger partial charge in [-0.1, -0.05) is 12.1 Å². The van der Waals surface area contributed by atoms with E-state index in [1.54, 1.807) is 12.1 Å². The van der Waals surface area contributed by atoms with Gasteiger partial charge < -0.3 is 4.90 Å². The van der Waals surface area contributed by atoms with Crippen LogP contribution in [0, 0.1) is 11.6 Å². The minimum atomic E-state index is -0.663. The summed E-state index contributed by atoms with van der Waals surface area (Å²) >= 11 is 0. The van der Waals surface area contributed by atoms with Crippen molar-refractivity contribution in [2.45, 2.75) is 6.54 Å². The summed E-state index contributed by atoms with van der Waals surface area (Å²) in [6, 6.07) is 9.87. The molecule has 1 unspecified atom stereocenters. The van der Waals surface area contributed by atoms with Crippen LogP contribution in [0.5, 0.6) is 0 Å². The molecule has 1 N–H and O–H groups in total. The zero-order valence-electron chi connectivity index (χ0n) is 12.5. The Morgan fingerprint density at radius 3 is 2.52 bits per heavy atom. The molecule has 3 rings (SSSR count). The molecular weight excluding hydrogens is 302 g/mol. The number of carbonyl (C=O) groups is 2. The van der Waals surface area contributed by atoms with Crippen molar-refractivity contribution in [1.29, 1.82) is 0 Å². The number of nitrogens with one attached hydrogen (secondary N) is 1. The summed E-state index contributed by atoms with van der Waals surface area (Å²) < 4.78 is 26.6. The molecule has 6 heteroatoms. The number of amides is 1. The van der Waals surface area contributed by atoms with Gasteiger partial charge in [-0.05, 0) is 30.3 Å². The molecule has 2 aromatic rings. The number of quaternary nitrogens is 1. The lowest BCUT2D eigenvalue weighted by Crippen LogP contribution is -3.09. The summed E-state index contributed by atoms with van der Waals surface area (Å²) in [6.45, 7) is 0.665. The average molecular weight is 317 g/mol. The number of hydrogen-bond donors (Lipinski definition) is 1. The molecule has 0 bridgehead atoms. The fourth-order valence-electron chi connectivity index (χ4n) is 2.75. The number of rotatable bonds is 4. The van der Waals surface area contributed by atoms with Gasteiger partial charge in [0.2, 0.25) is 0 Å². The van der Waals surface area contributed by atoms with E-state index in [0.29, 0.717) is 12.2 Å². The normalized spacial score (nSPS) is 15.0. The lowest BCUT2D eigenvalue weighted by molar-refractivity contribution is -0.892. The van der Waals surface area contributed by atoms with E-state index in [-0.39, 0.29) is 18.0 Å². The highest BCUT2D eigenvalue weighted by Gasteiger charge is 2.37. The number of nitrogens with zero attached hydrogens (tertiary/aromatic N) is 1. The van der Waals surface area contributed by atoms with Crippen LogP contribution in [0.15, 0.2) is 42.5 Å². The van der Waals surface area contributed by atoms with Gasteiger partial charge in [0, 0.05) is 5.56 Å². The third kappa shape index (κ3) is 2.98. The molecule has 0 aliphatic carbocycles. The molecule has 118 valence electrons. The Morgan fingerprint density at radius 1 is 1.04 bits per heavy atom. The monoisotopic (exact) mass is 317 g/mol. The van der Waals surface area contributed by atoms with E-state index in [2.05, 4.69) is 0 Å². The molecule has 0 radical (unpaired) electrons. The van der Waals surface area contributed by atoms with Gasteiger partial charge >= 0.3 is 5.91 Å². The standard InChI is InChI=1S/C17H14F2N2O2/c1-20(9-11-3-2-4-12(18)7-11)10-21-15-8-13(19)5-6-14(15)16(22)17(21)23/h2-8H,9-10H2,1H3/p+1. The van der Waals surface area contributed by atoms with Crippen LogP contribution in [0.4, 0.5) is 14.5 Å². The number of hydrogen-bond acceptors (Lipinski definition) is 2. The fraction of sp³-hybridized carbons (Fsp3) is 0.176. The first kappa shape index (κ1) is 15.3. The summed E-state index contributed by atoms with van der Waals surface area (Å²) in [7, 11) is 1.82. The molecule has 2 aromatic carbocycles. The molecule has 4 nitrogen and oxygen atoms in total. The second-order valence-electron chi connectivity index (χ2n) is 5.65. The molecule has 1 aliphatic heterocycles. The zero-order chi connectivity index (χ0) is 16.6. The molecule has 0 fully saturated rings. The molecule has 1 atom stereocenters. The van der Waals surface area contributed by atoms with Crippen molar-refractivity contribution in [3.05, 3.63) is 65.2 Å². The molecule has 0 aromatic heterocycles. The first-order valence-electron chi connectivity index (χ1n) is 7.17. The predicted octanol–water partition coefficient (Wildman–Crippen LogP) is 1.17. The van der Waals surface area contributed by atoms with E-state index in [4.69, 9.17) is 0 Å². The smallest absolute Gasteiger partial charge is 0.303 e. The molecule has 1 amide bonds. The maximum atomic E-state index is 13.4. The third-order valence-electron chi connectivity index (χ3n) is 3.76. The molecule has 1 aliphatic rings. The van der Waals surface area contributed by atoms with E-state index in [1.165, 1.54) is 29.2 Å². The maximum Gasteiger partial charge on any atom is 0.303 e. The predicted molar refractivity (Wildman–Crippen MR) is 80.1 cm³/mol. The summed E-state index contributed by atoms with van der Waals surface area (Å²) in [5.74, 6) is -2.11. The zero-order valence-corrected chi connectivity index (χ0v) is 12.5. The lowest BCUT2D eigenvalue weighted by atomic mass is 10.1. The Kier molecular flexibility index (Phi) is 3.92. The summed E-state index contributed by atoms with van der Waals surface area (Å²) in [5, 5.41) is 0. The minimum absolute atomic E-state index is 0.192. The third-order valence-corrected chi connectivity index (χ3v) is 3.76. The Labute approximate surface area is 131 Å². The van der Waals surface area contributed by atoms with Gasteiger partial charge in [-0.25, -0.2) is 8.78 Å². The average Bonchev–Trinajstić information content (AvgIpc) is 2.72. The number of Topliss-reactive ketones (excluding diaryl/α,β-unsaturated/α-hetero) is 1. The Hall–Kier alpha value is -2.60. The number of benzene rings is 2. The van der Waals surface area contributed by atoms with Crippen molar-refractivity contribution in [1.82, 2.24) is 0 Å². The number of halogens is 2. The largest absolute Gasteiger partial charge is 0.316 e. The number of anilines is 1. The van der Waals surface area contributed by atoms with E-state index in [0.717, 1.165) is 16.5 Å². The highest BCUT2D eigenvalue weighted by atomic mass is 19.1. The first-order valence-corrected chi connectivity index (χ1v) is 7.17. The van der Waals surface area contributed by atoms with Crippen LogP contribution in [0.3, 0.4) is 0 Å². The van der Waals surface area contributed by atoms with Crippen LogP contribution in [-0.4, -0.2) is 25.4 Å². The van der Waals surface area contributed by atoms with Crippen LogP contribution in [0.25, 0.3) is 0 Å². The quantitative estimate of drug-likeness (QED) is 0.860. The second kappa shape index (κ2) is 5.89. The highest BCUT2D eigenvalue weighted by molar-refractivity contribution is 6.52. The molecule has 0 saturated carbocycles. The van der Waals surface area contributed by atoms with Gasteiger partial charge in [0.15, 0.2) is 6.67 Å². The van der Waals surface area contributed by atoms with Crippen molar-refractivity contribution in [3.63, 3.8) is 0 Å². The van der Waals surface area contributed by atoms with Crippen LogP contribution in [-0.2, 0) is 11.3 Å². The van der Waals surface area contributed by atoms with Crippen molar-refractivity contribution in [2.24, 2.45) is 0 Å². The summed E-state index contributed by atoms with van der Waals surface area (Å²) in [4.78, 5) is 26.2. The van der Waals surface area contributed by atoms with Gasteiger partial charge in [-0.15, -0.1) is 0 Å². The highest BCUT2D eigenvalue weighted by Crippen LogP contribution is 2.28. The minimum Gasteiger partial charge on any atom is -0.316 e. The van der Waals surface area contributed by atoms with Crippen molar-refractivity contribution < 1.29 is 23.3 Å². The van der Waals surface area contributed by atoms with Crippen molar-refractivity contribution in [2.75, 3.05) is 18.6 Å². The number of carbonyl (C=O) groups excluding carboxylic acids is 2. The van der Waals surface area contributed by atoms with Crippen molar-refractivity contribution in [3.8, 4) is 0 Å². The van der Waals surface area contributed by atoms with E-state index >= 15 is 0 Å². The topological polar surface area (TPSA) is 41.8 Å². The van der Waals surface area contributed by atoms with Crippen LogP contribution < -0.4 is 9.80 Å².